The Morgan fingerprint density at radius 3 is 2.60 bits per heavy atom. The van der Waals surface area contributed by atoms with Crippen molar-refractivity contribution in [3.63, 3.8) is 0 Å². The van der Waals surface area contributed by atoms with Crippen LogP contribution in [0.25, 0.3) is 0 Å². The Labute approximate surface area is 119 Å². The third-order valence-electron chi connectivity index (χ3n) is 3.18. The molecule has 0 aliphatic rings. The largest absolute Gasteiger partial charge is 0.468 e. The van der Waals surface area contributed by atoms with Gasteiger partial charge in [-0.05, 0) is 42.2 Å². The van der Waals surface area contributed by atoms with Gasteiger partial charge in [0.05, 0.1) is 17.7 Å². The SMILES string of the molecule is Cc1ccc(C(C)C)cc1S(=O)(=O)NCc1ccco1. The monoisotopic (exact) mass is 293 g/mol. The van der Waals surface area contributed by atoms with Crippen molar-refractivity contribution in [3.05, 3.63) is 53.5 Å². The molecule has 0 saturated heterocycles. The molecular formula is C15H19NO3S. The smallest absolute Gasteiger partial charge is 0.241 e. The van der Waals surface area contributed by atoms with Crippen molar-refractivity contribution in [1.82, 2.24) is 4.72 Å². The van der Waals surface area contributed by atoms with Crippen LogP contribution in [0.15, 0.2) is 45.9 Å². The van der Waals surface area contributed by atoms with Crippen LogP contribution in [-0.4, -0.2) is 8.42 Å². The second-order valence-corrected chi connectivity index (χ2v) is 6.82. The van der Waals surface area contributed by atoms with Crippen LogP contribution in [-0.2, 0) is 16.6 Å². The molecule has 0 bridgehead atoms. The molecule has 108 valence electrons. The molecule has 0 radical (unpaired) electrons. The highest BCUT2D eigenvalue weighted by Crippen LogP contribution is 2.22. The predicted molar refractivity (Wildman–Crippen MR) is 78.0 cm³/mol. The van der Waals surface area contributed by atoms with E-state index >= 15 is 0 Å². The normalized spacial score (nSPS) is 12.0. The average molecular weight is 293 g/mol. The molecule has 0 unspecified atom stereocenters. The van der Waals surface area contributed by atoms with E-state index in [4.69, 9.17) is 4.42 Å². The molecule has 1 aromatic carbocycles. The van der Waals surface area contributed by atoms with Crippen LogP contribution in [0, 0.1) is 6.92 Å². The fourth-order valence-electron chi connectivity index (χ4n) is 1.92. The molecule has 0 atom stereocenters. The second kappa shape index (κ2) is 5.81. The van der Waals surface area contributed by atoms with Gasteiger partial charge >= 0.3 is 0 Å². The van der Waals surface area contributed by atoms with Crippen molar-refractivity contribution < 1.29 is 12.8 Å². The first-order chi connectivity index (χ1) is 9.40. The lowest BCUT2D eigenvalue weighted by Gasteiger charge is -2.12. The van der Waals surface area contributed by atoms with Gasteiger partial charge in [-0.1, -0.05) is 26.0 Å². The number of furan rings is 1. The van der Waals surface area contributed by atoms with Crippen molar-refractivity contribution in [3.8, 4) is 0 Å². The molecule has 0 saturated carbocycles. The maximum Gasteiger partial charge on any atom is 0.241 e. The number of nitrogens with one attached hydrogen (secondary N) is 1. The van der Waals surface area contributed by atoms with Gasteiger partial charge < -0.3 is 4.42 Å². The zero-order chi connectivity index (χ0) is 14.8. The summed E-state index contributed by atoms with van der Waals surface area (Å²) in [5.41, 5.74) is 1.75. The van der Waals surface area contributed by atoms with Gasteiger partial charge in [-0.2, -0.15) is 0 Å². The molecule has 0 fully saturated rings. The number of aryl methyl sites for hydroxylation is 1. The summed E-state index contributed by atoms with van der Waals surface area (Å²) in [7, 11) is -3.53. The molecule has 5 heteroatoms. The molecule has 2 aromatic rings. The third-order valence-corrected chi connectivity index (χ3v) is 4.73. The summed E-state index contributed by atoms with van der Waals surface area (Å²) >= 11 is 0. The van der Waals surface area contributed by atoms with Crippen LogP contribution in [0.3, 0.4) is 0 Å². The maximum absolute atomic E-state index is 12.4. The van der Waals surface area contributed by atoms with Gasteiger partial charge in [0.25, 0.3) is 0 Å². The number of hydrogen-bond donors (Lipinski definition) is 1. The molecule has 2 rings (SSSR count). The van der Waals surface area contributed by atoms with Crippen molar-refractivity contribution in [1.29, 1.82) is 0 Å². The van der Waals surface area contributed by atoms with Crippen LogP contribution in [0.5, 0.6) is 0 Å². The number of rotatable bonds is 5. The number of benzene rings is 1. The van der Waals surface area contributed by atoms with Gasteiger partial charge in [-0.15, -0.1) is 0 Å². The lowest BCUT2D eigenvalue weighted by atomic mass is 10.0. The van der Waals surface area contributed by atoms with Crippen LogP contribution >= 0.6 is 0 Å². The van der Waals surface area contributed by atoms with Crippen molar-refractivity contribution >= 4 is 10.0 Å². The van der Waals surface area contributed by atoms with Crippen molar-refractivity contribution in [2.75, 3.05) is 0 Å². The molecule has 0 aliphatic heterocycles. The zero-order valence-corrected chi connectivity index (χ0v) is 12.7. The standard InChI is InChI=1S/C15H19NO3S/c1-11(2)13-7-6-12(3)15(9-13)20(17,18)16-10-14-5-4-8-19-14/h4-9,11,16H,10H2,1-3H3. The van der Waals surface area contributed by atoms with Crippen LogP contribution in [0.4, 0.5) is 0 Å². The van der Waals surface area contributed by atoms with Gasteiger partial charge in [0, 0.05) is 0 Å². The van der Waals surface area contributed by atoms with Gasteiger partial charge in [0.15, 0.2) is 0 Å². The zero-order valence-electron chi connectivity index (χ0n) is 11.9. The average Bonchev–Trinajstić information content (AvgIpc) is 2.89. The van der Waals surface area contributed by atoms with E-state index in [2.05, 4.69) is 4.72 Å². The summed E-state index contributed by atoms with van der Waals surface area (Å²) in [6, 6.07) is 9.01. The Balaban J connectivity index is 2.26. The minimum absolute atomic E-state index is 0.153. The van der Waals surface area contributed by atoms with E-state index in [1.807, 2.05) is 26.0 Å². The third kappa shape index (κ3) is 3.29. The summed E-state index contributed by atoms with van der Waals surface area (Å²) in [6.07, 6.45) is 1.52. The number of hydrogen-bond acceptors (Lipinski definition) is 3. The predicted octanol–water partition coefficient (Wildman–Crippen LogP) is 3.19. The van der Waals surface area contributed by atoms with E-state index < -0.39 is 10.0 Å². The quantitative estimate of drug-likeness (QED) is 0.921. The molecule has 0 aliphatic carbocycles. The van der Waals surface area contributed by atoms with Gasteiger partial charge in [0.1, 0.15) is 5.76 Å². The summed E-state index contributed by atoms with van der Waals surface area (Å²) in [6.45, 7) is 6.03. The van der Waals surface area contributed by atoms with Gasteiger partial charge in [-0.25, -0.2) is 13.1 Å². The Morgan fingerprint density at radius 2 is 2.00 bits per heavy atom. The van der Waals surface area contributed by atoms with E-state index in [1.165, 1.54) is 6.26 Å². The summed E-state index contributed by atoms with van der Waals surface area (Å²) < 4.78 is 32.4. The molecular weight excluding hydrogens is 274 g/mol. The van der Waals surface area contributed by atoms with E-state index in [0.717, 1.165) is 11.1 Å². The first-order valence-corrected chi connectivity index (χ1v) is 8.01. The topological polar surface area (TPSA) is 59.3 Å². The fraction of sp³-hybridized carbons (Fsp3) is 0.333. The molecule has 20 heavy (non-hydrogen) atoms. The number of sulfonamides is 1. The first-order valence-electron chi connectivity index (χ1n) is 6.53. The van der Waals surface area contributed by atoms with Crippen molar-refractivity contribution in [2.45, 2.75) is 38.1 Å². The lowest BCUT2D eigenvalue weighted by molar-refractivity contribution is 0.498. The Bertz CT molecular complexity index is 673. The van der Waals surface area contributed by atoms with E-state index in [1.54, 1.807) is 25.1 Å². The van der Waals surface area contributed by atoms with E-state index in [0.29, 0.717) is 10.7 Å². The first kappa shape index (κ1) is 14.8. The Morgan fingerprint density at radius 1 is 1.25 bits per heavy atom. The fourth-order valence-corrected chi connectivity index (χ4v) is 3.19. The minimum Gasteiger partial charge on any atom is -0.468 e. The van der Waals surface area contributed by atoms with E-state index in [9.17, 15) is 8.42 Å². The summed E-state index contributed by atoms with van der Waals surface area (Å²) in [4.78, 5) is 0.329. The lowest BCUT2D eigenvalue weighted by Crippen LogP contribution is -2.24. The highest BCUT2D eigenvalue weighted by Gasteiger charge is 2.18. The van der Waals surface area contributed by atoms with Gasteiger partial charge in [0.2, 0.25) is 10.0 Å². The highest BCUT2D eigenvalue weighted by atomic mass is 32.2. The molecule has 1 heterocycles. The molecule has 1 N–H and O–H groups in total. The summed E-state index contributed by atoms with van der Waals surface area (Å²) in [5, 5.41) is 0. The summed E-state index contributed by atoms with van der Waals surface area (Å²) in [5.74, 6) is 0.876. The second-order valence-electron chi connectivity index (χ2n) is 5.08. The minimum atomic E-state index is -3.53. The van der Waals surface area contributed by atoms with E-state index in [-0.39, 0.29) is 12.5 Å². The molecule has 0 amide bonds. The van der Waals surface area contributed by atoms with Crippen molar-refractivity contribution in [2.24, 2.45) is 0 Å². The van der Waals surface area contributed by atoms with Gasteiger partial charge in [-0.3, -0.25) is 0 Å². The molecule has 0 spiro atoms. The molecule has 1 aromatic heterocycles. The van der Waals surface area contributed by atoms with Crippen LogP contribution in [0.1, 0.15) is 36.7 Å². The molecule has 4 nitrogen and oxygen atoms in total. The van der Waals surface area contributed by atoms with Crippen LogP contribution in [0.2, 0.25) is 0 Å². The Hall–Kier alpha value is -1.59. The maximum atomic E-state index is 12.4. The highest BCUT2D eigenvalue weighted by molar-refractivity contribution is 7.89. The Kier molecular flexibility index (Phi) is 4.30. The van der Waals surface area contributed by atoms with Crippen LogP contribution < -0.4 is 4.72 Å².